The first-order chi connectivity index (χ1) is 15.8. The van der Waals surface area contributed by atoms with Gasteiger partial charge in [-0.3, -0.25) is 19.2 Å². The second kappa shape index (κ2) is 11.0. The predicted molar refractivity (Wildman–Crippen MR) is 133 cm³/mol. The quantitative estimate of drug-likeness (QED) is 0.330. The number of unbranched alkanes of at least 4 members (excludes halogenated alkanes) is 1. The zero-order valence-electron chi connectivity index (χ0n) is 21.8. The zero-order chi connectivity index (χ0) is 25.8. The highest BCUT2D eigenvalue weighted by molar-refractivity contribution is 6.38. The van der Waals surface area contributed by atoms with Gasteiger partial charge < -0.3 is 21.3 Å². The van der Waals surface area contributed by atoms with Crippen molar-refractivity contribution in [2.75, 3.05) is 13.1 Å². The van der Waals surface area contributed by atoms with E-state index in [9.17, 15) is 19.2 Å². The number of amides is 3. The summed E-state index contributed by atoms with van der Waals surface area (Å²) in [4.78, 5) is 53.9. The fourth-order valence-electron chi connectivity index (χ4n) is 5.28. The van der Waals surface area contributed by atoms with Gasteiger partial charge in [0.15, 0.2) is 0 Å². The van der Waals surface area contributed by atoms with Gasteiger partial charge in [0.05, 0.1) is 12.1 Å². The number of hydrogen-bond acceptors (Lipinski definition) is 5. The maximum atomic E-state index is 13.7. The molecule has 192 valence electrons. The lowest BCUT2D eigenvalue weighted by atomic mass is 9.79. The van der Waals surface area contributed by atoms with E-state index < -0.39 is 35.2 Å². The number of rotatable bonds is 10. The van der Waals surface area contributed by atoms with Gasteiger partial charge in [-0.2, -0.15) is 0 Å². The molecule has 0 radical (unpaired) electrons. The van der Waals surface area contributed by atoms with E-state index in [1.807, 2.05) is 27.7 Å². The minimum absolute atomic E-state index is 0.00244. The van der Waals surface area contributed by atoms with Crippen molar-refractivity contribution in [2.45, 2.75) is 91.8 Å². The molecule has 1 heterocycles. The van der Waals surface area contributed by atoms with Crippen LogP contribution >= 0.6 is 0 Å². The molecule has 1 saturated heterocycles. The summed E-state index contributed by atoms with van der Waals surface area (Å²) in [5, 5.41) is 5.34. The normalized spacial score (nSPS) is 25.3. The first-order valence-corrected chi connectivity index (χ1v) is 12.6. The van der Waals surface area contributed by atoms with E-state index in [0.717, 1.165) is 19.3 Å². The maximum Gasteiger partial charge on any atom is 0.289 e. The van der Waals surface area contributed by atoms with Gasteiger partial charge in [-0.1, -0.05) is 60.5 Å². The Balaban J connectivity index is 2.31. The number of carbonyl (C=O) groups is 4. The van der Waals surface area contributed by atoms with E-state index in [4.69, 9.17) is 5.73 Å². The number of carbonyl (C=O) groups excluding carboxylic acids is 4. The summed E-state index contributed by atoms with van der Waals surface area (Å²) in [6.07, 6.45) is 5.17. The van der Waals surface area contributed by atoms with Crippen LogP contribution in [0.15, 0.2) is 12.7 Å². The van der Waals surface area contributed by atoms with E-state index in [1.54, 1.807) is 4.90 Å². The molecule has 1 aliphatic heterocycles. The van der Waals surface area contributed by atoms with Crippen LogP contribution in [0, 0.1) is 22.7 Å². The van der Waals surface area contributed by atoms with Crippen LogP contribution in [0.25, 0.3) is 0 Å². The van der Waals surface area contributed by atoms with Crippen LogP contribution in [-0.4, -0.2) is 59.6 Å². The molecule has 3 amide bonds. The molecule has 2 aliphatic rings. The van der Waals surface area contributed by atoms with E-state index in [1.165, 1.54) is 6.08 Å². The van der Waals surface area contributed by atoms with Crippen LogP contribution in [0.1, 0.15) is 73.6 Å². The molecule has 1 aliphatic carbocycles. The van der Waals surface area contributed by atoms with Gasteiger partial charge in [0, 0.05) is 13.1 Å². The van der Waals surface area contributed by atoms with Crippen molar-refractivity contribution < 1.29 is 19.2 Å². The summed E-state index contributed by atoms with van der Waals surface area (Å²) >= 11 is 0. The largest absolute Gasteiger partial charge is 0.346 e. The van der Waals surface area contributed by atoms with Gasteiger partial charge in [0.25, 0.3) is 5.91 Å². The van der Waals surface area contributed by atoms with Gasteiger partial charge in [0.1, 0.15) is 6.04 Å². The molecule has 34 heavy (non-hydrogen) atoms. The van der Waals surface area contributed by atoms with Crippen LogP contribution < -0.4 is 16.4 Å². The van der Waals surface area contributed by atoms with E-state index in [2.05, 4.69) is 31.1 Å². The Labute approximate surface area is 204 Å². The topological polar surface area (TPSA) is 122 Å². The second-order valence-corrected chi connectivity index (χ2v) is 11.6. The molecule has 0 aromatic carbocycles. The number of likely N-dealkylation sites (tertiary alicyclic amines) is 1. The summed E-state index contributed by atoms with van der Waals surface area (Å²) in [7, 11) is 0. The monoisotopic (exact) mass is 476 g/mol. The minimum atomic E-state index is -0.932. The van der Waals surface area contributed by atoms with Crippen LogP contribution in [0.5, 0.6) is 0 Å². The molecule has 0 aromatic heterocycles. The lowest BCUT2D eigenvalue weighted by Crippen LogP contribution is -2.58. The molecule has 8 nitrogen and oxygen atoms in total. The SMILES string of the molecule is C=CCNC(=O)C(=O)C(CCCC)NC(=O)[C@@H]1[C@H]2CCC(C)(C)[C@H]2CN1C(=O)[C@@H](N)C(C)(C)C. The average molecular weight is 477 g/mol. The van der Waals surface area contributed by atoms with Gasteiger partial charge >= 0.3 is 0 Å². The fraction of sp³-hybridized carbons (Fsp3) is 0.769. The molecule has 8 heteroatoms. The van der Waals surface area contributed by atoms with Gasteiger partial charge in [-0.05, 0) is 41.9 Å². The number of hydrogen-bond donors (Lipinski definition) is 3. The first-order valence-electron chi connectivity index (χ1n) is 12.6. The molecular weight excluding hydrogens is 432 g/mol. The average Bonchev–Trinajstić information content (AvgIpc) is 3.29. The minimum Gasteiger partial charge on any atom is -0.346 e. The highest BCUT2D eigenvalue weighted by Crippen LogP contribution is 2.53. The van der Waals surface area contributed by atoms with Crippen LogP contribution in [0.2, 0.25) is 0 Å². The standard InChI is InChI=1S/C26H44N4O4/c1-8-10-11-18(20(31)23(33)28-14-9-2)29-22(32)19-16-12-13-26(6,7)17(16)15-30(19)24(34)21(27)25(3,4)5/h9,16-19,21H,2,8,10-15,27H2,1,3-7H3,(H,28,33)(H,29,32)/t16-,17-,18?,19-,21+/m0/s1. The number of fused-ring (bicyclic) bond motifs is 1. The third kappa shape index (κ3) is 6.06. The maximum absolute atomic E-state index is 13.7. The Hall–Kier alpha value is -2.22. The summed E-state index contributed by atoms with van der Waals surface area (Å²) < 4.78 is 0. The van der Waals surface area contributed by atoms with Crippen molar-refractivity contribution in [1.29, 1.82) is 0 Å². The van der Waals surface area contributed by atoms with Crippen molar-refractivity contribution in [3.05, 3.63) is 12.7 Å². The molecule has 0 spiro atoms. The Morgan fingerprint density at radius 3 is 2.44 bits per heavy atom. The Bertz CT molecular complexity index is 801. The number of nitrogens with two attached hydrogens (primary N) is 1. The fourth-order valence-corrected chi connectivity index (χ4v) is 5.28. The highest BCUT2D eigenvalue weighted by Gasteiger charge is 2.56. The second-order valence-electron chi connectivity index (χ2n) is 11.6. The molecule has 4 N–H and O–H groups in total. The number of nitrogens with one attached hydrogen (secondary N) is 2. The van der Waals surface area contributed by atoms with E-state index in [-0.39, 0.29) is 35.6 Å². The van der Waals surface area contributed by atoms with Crippen molar-refractivity contribution in [3.63, 3.8) is 0 Å². The summed E-state index contributed by atoms with van der Waals surface area (Å²) in [5.74, 6) is -1.84. The van der Waals surface area contributed by atoms with E-state index in [0.29, 0.717) is 19.4 Å². The molecule has 0 bridgehead atoms. The number of ketones is 1. The summed E-state index contributed by atoms with van der Waals surface area (Å²) in [6.45, 7) is 16.3. The van der Waals surface area contributed by atoms with Crippen LogP contribution in [-0.2, 0) is 19.2 Å². The lowest BCUT2D eigenvalue weighted by molar-refractivity contribution is -0.144. The molecule has 1 saturated carbocycles. The van der Waals surface area contributed by atoms with Gasteiger partial charge in [-0.15, -0.1) is 6.58 Å². The summed E-state index contributed by atoms with van der Waals surface area (Å²) in [5.41, 5.74) is 5.87. The molecule has 2 rings (SSSR count). The number of Topliss-reactive ketones (excluding diaryl/α,β-unsaturated/α-hetero) is 1. The zero-order valence-corrected chi connectivity index (χ0v) is 21.8. The highest BCUT2D eigenvalue weighted by atomic mass is 16.2. The van der Waals surface area contributed by atoms with Gasteiger partial charge in [-0.25, -0.2) is 0 Å². The summed E-state index contributed by atoms with van der Waals surface area (Å²) in [6, 6.07) is -2.37. The molecule has 0 aromatic rings. The Morgan fingerprint density at radius 1 is 1.24 bits per heavy atom. The molecule has 1 unspecified atom stereocenters. The van der Waals surface area contributed by atoms with Crippen LogP contribution in [0.3, 0.4) is 0 Å². The molecule has 2 fully saturated rings. The van der Waals surface area contributed by atoms with Crippen LogP contribution in [0.4, 0.5) is 0 Å². The third-order valence-corrected chi connectivity index (χ3v) is 7.64. The Morgan fingerprint density at radius 2 is 1.88 bits per heavy atom. The van der Waals surface area contributed by atoms with Crippen molar-refractivity contribution in [3.8, 4) is 0 Å². The van der Waals surface area contributed by atoms with Crippen molar-refractivity contribution in [1.82, 2.24) is 15.5 Å². The predicted octanol–water partition coefficient (Wildman–Crippen LogP) is 2.17. The number of nitrogens with zero attached hydrogens (tertiary/aromatic N) is 1. The van der Waals surface area contributed by atoms with Gasteiger partial charge in [0.2, 0.25) is 17.6 Å². The van der Waals surface area contributed by atoms with Crippen molar-refractivity contribution >= 4 is 23.5 Å². The lowest BCUT2D eigenvalue weighted by Gasteiger charge is -2.34. The molecular formula is C26H44N4O4. The smallest absolute Gasteiger partial charge is 0.289 e. The van der Waals surface area contributed by atoms with Crippen molar-refractivity contribution in [2.24, 2.45) is 28.4 Å². The Kier molecular flexibility index (Phi) is 9.08. The first kappa shape index (κ1) is 28.0. The molecule has 5 atom stereocenters. The van der Waals surface area contributed by atoms with E-state index >= 15 is 0 Å². The third-order valence-electron chi connectivity index (χ3n) is 7.64.